The van der Waals surface area contributed by atoms with E-state index in [-0.39, 0.29) is 6.61 Å². The van der Waals surface area contributed by atoms with Crippen LogP contribution < -0.4 is 0 Å². The highest BCUT2D eigenvalue weighted by Crippen LogP contribution is 2.22. The number of unbranched alkanes of at least 4 members (excludes halogenated alkanes) is 1. The molecule has 2 heterocycles. The number of aliphatic hydroxyl groups excluding tert-OH is 1. The fourth-order valence-corrected chi connectivity index (χ4v) is 3.49. The summed E-state index contributed by atoms with van der Waals surface area (Å²) < 4.78 is 1.98. The van der Waals surface area contributed by atoms with Gasteiger partial charge in [-0.25, -0.2) is 4.98 Å². The maximum Gasteiger partial charge on any atom is 0.194 e. The maximum absolute atomic E-state index is 9.27. The molecule has 0 bridgehead atoms. The van der Waals surface area contributed by atoms with Gasteiger partial charge in [0, 0.05) is 17.5 Å². The molecular formula is C17H20N2OS. The predicted octanol–water partition coefficient (Wildman–Crippen LogP) is 3.82. The molecule has 0 aliphatic heterocycles. The molecule has 0 saturated heterocycles. The second-order valence-electron chi connectivity index (χ2n) is 5.35. The Kier molecular flexibility index (Phi) is 4.36. The molecule has 0 fully saturated rings. The number of benzene rings is 1. The van der Waals surface area contributed by atoms with Gasteiger partial charge < -0.3 is 5.11 Å². The first-order valence-electron chi connectivity index (χ1n) is 7.43. The molecule has 0 aliphatic rings. The summed E-state index contributed by atoms with van der Waals surface area (Å²) in [6.07, 6.45) is 8.41. The van der Waals surface area contributed by atoms with Crippen LogP contribution in [0.3, 0.4) is 0 Å². The largest absolute Gasteiger partial charge is 0.390 e. The Morgan fingerprint density at radius 1 is 1.19 bits per heavy atom. The lowest BCUT2D eigenvalue weighted by Gasteiger charge is -2.02. The fourth-order valence-electron chi connectivity index (χ4n) is 2.48. The number of hydrogen-bond donors (Lipinski definition) is 1. The van der Waals surface area contributed by atoms with Crippen LogP contribution in [-0.2, 0) is 19.4 Å². The van der Waals surface area contributed by atoms with E-state index in [9.17, 15) is 5.11 Å². The Morgan fingerprint density at radius 2 is 1.95 bits per heavy atom. The van der Waals surface area contributed by atoms with Gasteiger partial charge in [0.25, 0.3) is 0 Å². The number of nitrogens with zero attached hydrogens (tertiary/aromatic N) is 2. The number of thiazole rings is 1. The minimum absolute atomic E-state index is 0.0312. The zero-order valence-electron chi connectivity index (χ0n) is 12.2. The van der Waals surface area contributed by atoms with Crippen molar-refractivity contribution in [1.82, 2.24) is 9.38 Å². The van der Waals surface area contributed by atoms with Gasteiger partial charge in [0.1, 0.15) is 0 Å². The standard InChI is InChI=1S/C17H20N2OS/c1-2-3-4-13-5-7-14(8-6-13)9-16-11-19-15(12-20)10-18-17(19)21-16/h5-8,10-11,20H,2-4,9,12H2,1H3. The van der Waals surface area contributed by atoms with Crippen LogP contribution in [0.5, 0.6) is 0 Å². The zero-order valence-corrected chi connectivity index (χ0v) is 13.1. The number of aromatic nitrogens is 2. The first kappa shape index (κ1) is 14.3. The number of aliphatic hydroxyl groups is 1. The highest BCUT2D eigenvalue weighted by molar-refractivity contribution is 7.17. The van der Waals surface area contributed by atoms with Crippen LogP contribution in [0.1, 0.15) is 41.5 Å². The Bertz CT molecular complexity index is 712. The summed E-state index contributed by atoms with van der Waals surface area (Å²) in [5, 5.41) is 9.27. The predicted molar refractivity (Wildman–Crippen MR) is 86.9 cm³/mol. The molecule has 3 nitrogen and oxygen atoms in total. The summed E-state index contributed by atoms with van der Waals surface area (Å²) in [6.45, 7) is 2.26. The van der Waals surface area contributed by atoms with E-state index < -0.39 is 0 Å². The Labute approximate surface area is 128 Å². The summed E-state index contributed by atoms with van der Waals surface area (Å²) >= 11 is 1.69. The lowest BCUT2D eigenvalue weighted by atomic mass is 10.0. The van der Waals surface area contributed by atoms with Crippen LogP contribution in [0.25, 0.3) is 4.96 Å². The normalized spacial score (nSPS) is 11.3. The van der Waals surface area contributed by atoms with Crippen molar-refractivity contribution in [2.75, 3.05) is 0 Å². The smallest absolute Gasteiger partial charge is 0.194 e. The molecule has 3 aromatic rings. The highest BCUT2D eigenvalue weighted by atomic mass is 32.1. The molecule has 110 valence electrons. The SMILES string of the molecule is CCCCc1ccc(Cc2cn3c(CO)cnc3s2)cc1. The van der Waals surface area contributed by atoms with Gasteiger partial charge in [-0.3, -0.25) is 4.40 Å². The first-order valence-corrected chi connectivity index (χ1v) is 8.25. The number of rotatable bonds is 6. The van der Waals surface area contributed by atoms with Gasteiger partial charge in [-0.1, -0.05) is 37.6 Å². The van der Waals surface area contributed by atoms with E-state index in [1.165, 1.54) is 35.3 Å². The summed E-state index contributed by atoms with van der Waals surface area (Å²) in [7, 11) is 0. The summed E-state index contributed by atoms with van der Waals surface area (Å²) in [4.78, 5) is 6.55. The van der Waals surface area contributed by atoms with Crippen LogP contribution in [0.15, 0.2) is 36.7 Å². The molecule has 4 heteroatoms. The van der Waals surface area contributed by atoms with Crippen molar-refractivity contribution in [2.24, 2.45) is 0 Å². The number of fused-ring (bicyclic) bond motifs is 1. The van der Waals surface area contributed by atoms with Gasteiger partial charge >= 0.3 is 0 Å². The Balaban J connectivity index is 1.73. The van der Waals surface area contributed by atoms with Crippen LogP contribution in [-0.4, -0.2) is 14.5 Å². The van der Waals surface area contributed by atoms with Gasteiger partial charge in [-0.2, -0.15) is 0 Å². The van der Waals surface area contributed by atoms with Crippen molar-refractivity contribution in [3.05, 3.63) is 58.4 Å². The molecule has 21 heavy (non-hydrogen) atoms. The van der Waals surface area contributed by atoms with E-state index in [4.69, 9.17) is 0 Å². The van der Waals surface area contributed by atoms with Crippen LogP contribution in [0.4, 0.5) is 0 Å². The Hall–Kier alpha value is -1.65. The van der Waals surface area contributed by atoms with E-state index in [1.807, 2.05) is 4.40 Å². The summed E-state index contributed by atoms with van der Waals surface area (Å²) in [6, 6.07) is 8.92. The summed E-state index contributed by atoms with van der Waals surface area (Å²) in [5.74, 6) is 0. The van der Waals surface area contributed by atoms with Gasteiger partial charge in [-0.15, -0.1) is 11.3 Å². The van der Waals surface area contributed by atoms with Crippen molar-refractivity contribution in [3.8, 4) is 0 Å². The molecule has 2 aromatic heterocycles. The summed E-state index contributed by atoms with van der Waals surface area (Å²) in [5.41, 5.74) is 3.59. The minimum Gasteiger partial charge on any atom is -0.390 e. The molecule has 0 aliphatic carbocycles. The van der Waals surface area contributed by atoms with E-state index in [1.54, 1.807) is 17.5 Å². The van der Waals surface area contributed by atoms with Crippen LogP contribution in [0.2, 0.25) is 0 Å². The Morgan fingerprint density at radius 3 is 2.67 bits per heavy atom. The van der Waals surface area contributed by atoms with Gasteiger partial charge in [0.15, 0.2) is 4.96 Å². The fraction of sp³-hybridized carbons (Fsp3) is 0.353. The van der Waals surface area contributed by atoms with Gasteiger partial charge in [0.2, 0.25) is 0 Å². The van der Waals surface area contributed by atoms with Gasteiger partial charge in [0.05, 0.1) is 18.5 Å². The molecule has 0 spiro atoms. The number of imidazole rings is 1. The molecule has 1 aromatic carbocycles. The quantitative estimate of drug-likeness (QED) is 0.751. The second kappa shape index (κ2) is 6.41. The average molecular weight is 300 g/mol. The van der Waals surface area contributed by atoms with E-state index >= 15 is 0 Å². The molecule has 0 amide bonds. The van der Waals surface area contributed by atoms with Crippen molar-refractivity contribution in [2.45, 2.75) is 39.2 Å². The third-order valence-electron chi connectivity index (χ3n) is 3.72. The number of aryl methyl sites for hydroxylation is 1. The lowest BCUT2D eigenvalue weighted by Crippen LogP contribution is -1.90. The molecule has 0 saturated carbocycles. The molecule has 3 rings (SSSR count). The molecule has 0 radical (unpaired) electrons. The van der Waals surface area contributed by atoms with Crippen LogP contribution in [0, 0.1) is 0 Å². The van der Waals surface area contributed by atoms with E-state index in [0.717, 1.165) is 17.1 Å². The third kappa shape index (κ3) is 3.17. The van der Waals surface area contributed by atoms with Crippen molar-refractivity contribution < 1.29 is 5.11 Å². The molecular weight excluding hydrogens is 280 g/mol. The van der Waals surface area contributed by atoms with E-state index in [0.29, 0.717) is 0 Å². The number of hydrogen-bond acceptors (Lipinski definition) is 3. The van der Waals surface area contributed by atoms with Gasteiger partial charge in [-0.05, 0) is 24.0 Å². The lowest BCUT2D eigenvalue weighted by molar-refractivity contribution is 0.276. The topological polar surface area (TPSA) is 37.5 Å². The molecule has 1 N–H and O–H groups in total. The zero-order chi connectivity index (χ0) is 14.7. The van der Waals surface area contributed by atoms with Crippen molar-refractivity contribution in [1.29, 1.82) is 0 Å². The second-order valence-corrected chi connectivity index (χ2v) is 6.45. The van der Waals surface area contributed by atoms with E-state index in [2.05, 4.69) is 42.4 Å². The average Bonchev–Trinajstić information content (AvgIpc) is 3.06. The highest BCUT2D eigenvalue weighted by Gasteiger charge is 2.08. The monoisotopic (exact) mass is 300 g/mol. The maximum atomic E-state index is 9.27. The van der Waals surface area contributed by atoms with Crippen molar-refractivity contribution >= 4 is 16.3 Å². The molecule has 0 atom stereocenters. The minimum atomic E-state index is 0.0312. The van der Waals surface area contributed by atoms with Crippen LogP contribution >= 0.6 is 11.3 Å². The molecule has 0 unspecified atom stereocenters. The third-order valence-corrected chi connectivity index (χ3v) is 4.71. The first-order chi connectivity index (χ1) is 10.3. The van der Waals surface area contributed by atoms with Crippen molar-refractivity contribution in [3.63, 3.8) is 0 Å².